The van der Waals surface area contributed by atoms with Gasteiger partial charge < -0.3 is 33.9 Å². The van der Waals surface area contributed by atoms with Crippen LogP contribution in [0.15, 0.2) is 73.4 Å². The zero-order chi connectivity index (χ0) is 48.4. The highest BCUT2D eigenvalue weighted by Crippen LogP contribution is 2.42. The van der Waals surface area contributed by atoms with E-state index in [1.807, 2.05) is 39.0 Å². The molecule has 362 valence electrons. The van der Waals surface area contributed by atoms with Gasteiger partial charge in [0.05, 0.1) is 49.3 Å². The van der Waals surface area contributed by atoms with Gasteiger partial charge in [-0.05, 0) is 98.0 Å². The summed E-state index contributed by atoms with van der Waals surface area (Å²) in [6.07, 6.45) is 4.98. The summed E-state index contributed by atoms with van der Waals surface area (Å²) in [5.74, 6) is -2.61. The van der Waals surface area contributed by atoms with Gasteiger partial charge in [0, 0.05) is 67.8 Å². The first kappa shape index (κ1) is 48.6. The molecule has 2 aromatic heterocycles. The van der Waals surface area contributed by atoms with Crippen molar-refractivity contribution < 1.29 is 38.2 Å². The molecule has 0 aliphatic carbocycles. The summed E-state index contributed by atoms with van der Waals surface area (Å²) in [5, 5.41) is 5.64. The van der Waals surface area contributed by atoms with E-state index in [9.17, 15) is 24.0 Å². The first-order chi connectivity index (χ1) is 32.6. The Hall–Kier alpha value is -5.90. The van der Waals surface area contributed by atoms with Crippen molar-refractivity contribution in [3.63, 3.8) is 0 Å². The molecule has 3 fully saturated rings. The lowest BCUT2D eigenvalue weighted by Gasteiger charge is -2.44. The molecule has 15 nitrogen and oxygen atoms in total. The van der Waals surface area contributed by atoms with Crippen LogP contribution in [-0.4, -0.2) is 125 Å². The number of carbonyl (C=O) groups excluding carboxylic acids is 5. The van der Waals surface area contributed by atoms with Gasteiger partial charge in [-0.3, -0.25) is 34.0 Å². The number of benzene rings is 2. The predicted octanol–water partition coefficient (Wildman–Crippen LogP) is 6.03. The van der Waals surface area contributed by atoms with Gasteiger partial charge in [0.15, 0.2) is 0 Å². The third-order valence-electron chi connectivity index (χ3n) is 14.1. The monoisotopic (exact) mass is 930 g/mol. The third-order valence-corrected chi connectivity index (χ3v) is 14.1. The molecule has 4 aliphatic rings. The number of amides is 4. The fourth-order valence-corrected chi connectivity index (χ4v) is 10.4. The fourth-order valence-electron chi connectivity index (χ4n) is 10.4. The number of nitrogens with one attached hydrogen (secondary N) is 2. The van der Waals surface area contributed by atoms with Crippen molar-refractivity contribution >= 4 is 40.5 Å². The van der Waals surface area contributed by atoms with Gasteiger partial charge in [-0.15, -0.1) is 0 Å². The largest absolute Gasteiger partial charge is 0.464 e. The highest BCUT2D eigenvalue weighted by atomic mass is 16.5. The Morgan fingerprint density at radius 1 is 1.04 bits per heavy atom. The number of nitrogens with zero attached hydrogens (tertiary/aromatic N) is 5. The van der Waals surface area contributed by atoms with E-state index in [1.165, 1.54) is 11.1 Å². The first-order valence-electron chi connectivity index (χ1n) is 24.2. The summed E-state index contributed by atoms with van der Waals surface area (Å²) < 4.78 is 19.9. The number of rotatable bonds is 11. The summed E-state index contributed by atoms with van der Waals surface area (Å²) in [6, 6.07) is 15.5. The molecular formula is C53H67N7O8. The molecule has 68 heavy (non-hydrogen) atoms. The maximum absolute atomic E-state index is 14.9. The molecular weight excluding hydrogens is 863 g/mol. The molecule has 0 unspecified atom stereocenters. The van der Waals surface area contributed by atoms with Gasteiger partial charge in [0.1, 0.15) is 18.1 Å². The molecule has 0 radical (unpaired) electrons. The number of aryl methyl sites for hydroxylation is 1. The lowest BCUT2D eigenvalue weighted by atomic mass is 9.84. The number of methoxy groups -OCH3 is 1. The summed E-state index contributed by atoms with van der Waals surface area (Å²) in [4.78, 5) is 78.8. The number of ether oxygens (including phenoxy) is 3. The van der Waals surface area contributed by atoms with Gasteiger partial charge in [0.2, 0.25) is 17.7 Å². The minimum atomic E-state index is -1.07. The number of hydrogen-bond donors (Lipinski definition) is 2. The number of pyridine rings is 1. The van der Waals surface area contributed by atoms with Crippen LogP contribution < -0.4 is 10.7 Å². The lowest BCUT2D eigenvalue weighted by Crippen LogP contribution is -2.65. The Morgan fingerprint density at radius 2 is 1.82 bits per heavy atom. The minimum Gasteiger partial charge on any atom is -0.464 e. The van der Waals surface area contributed by atoms with Crippen LogP contribution in [0, 0.1) is 17.3 Å². The average molecular weight is 930 g/mol. The SMILES string of the molecule is C=CC(=O)N1CC[C@H](C(=O)N(C2COC2)[C@H](C(=O)N[C@H]2Cc3cccc(c3)-c3ccc4c(c3)c(c(-c3cccnc3[C@H](C)OC)n4CC)CC(C)(C)COC(=O)[C@@H]3CCCN(N3)C2=O)C(C)C)C1. The second-order valence-corrected chi connectivity index (χ2v) is 19.9. The van der Waals surface area contributed by atoms with Crippen molar-refractivity contribution in [2.24, 2.45) is 17.3 Å². The highest BCUT2D eigenvalue weighted by molar-refractivity contribution is 5.96. The van der Waals surface area contributed by atoms with Crippen molar-refractivity contribution in [1.29, 1.82) is 0 Å². The van der Waals surface area contributed by atoms with Crippen LogP contribution in [0.1, 0.15) is 83.7 Å². The van der Waals surface area contributed by atoms with Crippen LogP contribution in [0.2, 0.25) is 0 Å². The van der Waals surface area contributed by atoms with Gasteiger partial charge in [-0.2, -0.15) is 0 Å². The average Bonchev–Trinajstić information content (AvgIpc) is 3.94. The quantitative estimate of drug-likeness (QED) is 0.134. The molecule has 2 N–H and O–H groups in total. The van der Waals surface area contributed by atoms with Gasteiger partial charge in [0.25, 0.3) is 5.91 Å². The molecule has 4 aliphatic heterocycles. The predicted molar refractivity (Wildman–Crippen MR) is 259 cm³/mol. The topological polar surface area (TPSA) is 165 Å². The van der Waals surface area contributed by atoms with E-state index in [2.05, 4.69) is 79.1 Å². The number of esters is 1. The van der Waals surface area contributed by atoms with Crippen LogP contribution >= 0.6 is 0 Å². The van der Waals surface area contributed by atoms with Crippen LogP contribution in [0.4, 0.5) is 0 Å². The van der Waals surface area contributed by atoms with Gasteiger partial charge in [-0.25, -0.2) is 5.43 Å². The van der Waals surface area contributed by atoms with E-state index in [1.54, 1.807) is 23.1 Å². The third kappa shape index (κ3) is 9.83. The lowest BCUT2D eigenvalue weighted by molar-refractivity contribution is -0.161. The maximum atomic E-state index is 14.9. The molecule has 4 amide bonds. The smallest absolute Gasteiger partial charge is 0.324 e. The Bertz CT molecular complexity index is 2570. The van der Waals surface area contributed by atoms with Crippen molar-refractivity contribution in [3.05, 3.63) is 90.3 Å². The molecule has 4 aromatic rings. The Kier molecular flexibility index (Phi) is 14.5. The van der Waals surface area contributed by atoms with Crippen LogP contribution in [0.3, 0.4) is 0 Å². The van der Waals surface area contributed by atoms with Gasteiger partial charge in [-0.1, -0.05) is 64.6 Å². The molecule has 2 aromatic carbocycles. The van der Waals surface area contributed by atoms with Crippen molar-refractivity contribution in [1.82, 2.24) is 35.1 Å². The summed E-state index contributed by atoms with van der Waals surface area (Å²) in [7, 11) is 1.69. The molecule has 6 heterocycles. The molecule has 15 heteroatoms. The zero-order valence-electron chi connectivity index (χ0n) is 40.6. The van der Waals surface area contributed by atoms with Gasteiger partial charge >= 0.3 is 5.97 Å². The number of hydrogen-bond acceptors (Lipinski definition) is 10. The number of likely N-dealkylation sites (tertiary alicyclic amines) is 1. The van der Waals surface area contributed by atoms with Crippen LogP contribution in [-0.2, 0) is 57.6 Å². The number of hydrazine groups is 1. The molecule has 3 saturated heterocycles. The molecule has 0 spiro atoms. The van der Waals surface area contributed by atoms with E-state index in [0.29, 0.717) is 45.3 Å². The summed E-state index contributed by atoms with van der Waals surface area (Å²) >= 11 is 0. The van der Waals surface area contributed by atoms with E-state index < -0.39 is 47.2 Å². The normalized spacial score (nSPS) is 22.0. The van der Waals surface area contributed by atoms with E-state index in [-0.39, 0.29) is 62.7 Å². The fraction of sp³-hybridized carbons (Fsp3) is 0.509. The molecule has 6 bridgehead atoms. The Balaban J connectivity index is 1.19. The van der Waals surface area contributed by atoms with Crippen LogP contribution in [0.5, 0.6) is 0 Å². The molecule has 8 rings (SSSR count). The Morgan fingerprint density at radius 3 is 2.53 bits per heavy atom. The van der Waals surface area contributed by atoms with E-state index in [0.717, 1.165) is 50.1 Å². The number of carbonyl (C=O) groups is 5. The first-order valence-corrected chi connectivity index (χ1v) is 24.2. The molecule has 5 atom stereocenters. The van der Waals surface area contributed by atoms with Crippen LogP contribution in [0.25, 0.3) is 33.3 Å². The highest BCUT2D eigenvalue weighted by Gasteiger charge is 2.45. The molecule has 0 saturated carbocycles. The zero-order valence-corrected chi connectivity index (χ0v) is 40.6. The minimum absolute atomic E-state index is 0.131. The van der Waals surface area contributed by atoms with Crippen molar-refractivity contribution in [2.45, 2.75) is 110 Å². The standard InChI is InChI=1S/C53H67N7O8/c1-9-45(61)57-23-20-37(28-57)50(63)60(38-29-67-30-38)47(32(3)4)49(62)55-43-25-34-14-11-15-35(24-34)36-18-19-44-40(26-36)41(48(58(44)10-2)39-16-12-21-54-46(39)33(5)66-8)27-53(6,7)31-68-52(65)42-17-13-22-59(56-42)51(43)64/h9,11-12,14-16,18-19,21,24,26,32-33,37-38,42-43,47,56H,1,10,13,17,20,22-23,25,27-31H2,2-8H3,(H,55,62)/t33-,37-,42-,43-,47-/m0/s1. The summed E-state index contributed by atoms with van der Waals surface area (Å²) in [5.41, 5.74) is 10.5. The number of cyclic esters (lactones) is 1. The maximum Gasteiger partial charge on any atom is 0.324 e. The van der Waals surface area contributed by atoms with Crippen molar-refractivity contribution in [2.75, 3.05) is 46.6 Å². The number of fused-ring (bicyclic) bond motifs is 6. The number of aromatic nitrogens is 2. The second kappa shape index (κ2) is 20.4. The van der Waals surface area contributed by atoms with E-state index >= 15 is 0 Å². The van der Waals surface area contributed by atoms with E-state index in [4.69, 9.17) is 19.2 Å². The Labute approximate surface area is 399 Å². The second-order valence-electron chi connectivity index (χ2n) is 19.9. The summed E-state index contributed by atoms with van der Waals surface area (Å²) in [6.45, 7) is 18.1. The van der Waals surface area contributed by atoms with Crippen molar-refractivity contribution in [3.8, 4) is 22.4 Å².